The van der Waals surface area contributed by atoms with Crippen LogP contribution >= 0.6 is 24.2 Å². The van der Waals surface area contributed by atoms with Crippen molar-refractivity contribution in [3.63, 3.8) is 0 Å². The van der Waals surface area contributed by atoms with Crippen molar-refractivity contribution in [3.05, 3.63) is 90.1 Å². The summed E-state index contributed by atoms with van der Waals surface area (Å²) < 4.78 is 8.36. The van der Waals surface area contributed by atoms with Gasteiger partial charge in [0.2, 0.25) is 0 Å². The average molecular weight is 505 g/mol. The first-order chi connectivity index (χ1) is 17.1. The first-order valence-electron chi connectivity index (χ1n) is 11.3. The van der Waals surface area contributed by atoms with Gasteiger partial charge in [-0.3, -0.25) is 4.79 Å². The van der Waals surface area contributed by atoms with Crippen LogP contribution in [-0.2, 0) is 24.3 Å². The average Bonchev–Trinajstić information content (AvgIpc) is 2.88. The van der Waals surface area contributed by atoms with Crippen LogP contribution in [0, 0.1) is 0 Å². The molecule has 3 aromatic carbocycles. The third-order valence-electron chi connectivity index (χ3n) is 5.87. The Kier molecular flexibility index (Phi) is 8.41. The number of hydrogen-bond donors (Lipinski definition) is 3. The van der Waals surface area contributed by atoms with E-state index in [-0.39, 0.29) is 0 Å². The normalized spacial score (nSPS) is 12.3. The SMILES string of the molecule is C=CNC(=S)NSc1ccc(N(C)Cc2ccccc2-c2cccc3c2CNCC3)c(OC=O)c1. The quantitative estimate of drug-likeness (QED) is 0.219. The van der Waals surface area contributed by atoms with E-state index in [1.165, 1.54) is 46.0 Å². The van der Waals surface area contributed by atoms with E-state index in [9.17, 15) is 4.79 Å². The van der Waals surface area contributed by atoms with E-state index in [0.29, 0.717) is 23.9 Å². The van der Waals surface area contributed by atoms with Crippen molar-refractivity contribution in [2.24, 2.45) is 0 Å². The number of ether oxygens (including phenoxy) is 1. The number of thiocarbonyl (C=S) groups is 1. The van der Waals surface area contributed by atoms with Crippen LogP contribution in [0.2, 0.25) is 0 Å². The highest BCUT2D eigenvalue weighted by Gasteiger charge is 2.17. The third-order valence-corrected chi connectivity index (χ3v) is 7.02. The first kappa shape index (κ1) is 24.8. The van der Waals surface area contributed by atoms with E-state index in [2.05, 4.69) is 69.3 Å². The molecule has 0 atom stereocenters. The van der Waals surface area contributed by atoms with Gasteiger partial charge in [0.05, 0.1) is 5.69 Å². The van der Waals surface area contributed by atoms with Crippen LogP contribution in [0.5, 0.6) is 5.75 Å². The van der Waals surface area contributed by atoms with Crippen LogP contribution in [-0.4, -0.2) is 25.2 Å². The Morgan fingerprint density at radius 1 is 1.20 bits per heavy atom. The standard InChI is InChI=1S/C27H28N4O2S2/c1-3-29-27(34)30-35-21-11-12-25(26(15-21)33-18-32)31(2)17-20-7-4-5-9-22(20)23-10-6-8-19-13-14-28-16-24(19)23/h3-12,15,18,28H,1,13-14,16-17H2,2H3,(H2,29,30,34). The lowest BCUT2D eigenvalue weighted by Gasteiger charge is -2.25. The summed E-state index contributed by atoms with van der Waals surface area (Å²) in [6, 6.07) is 20.8. The molecule has 1 heterocycles. The van der Waals surface area contributed by atoms with Gasteiger partial charge in [-0.2, -0.15) is 0 Å². The monoisotopic (exact) mass is 504 g/mol. The molecule has 1 aliphatic heterocycles. The molecule has 0 aliphatic carbocycles. The summed E-state index contributed by atoms with van der Waals surface area (Å²) in [5.74, 6) is 0.482. The minimum atomic E-state index is 0.443. The molecule has 0 spiro atoms. The Morgan fingerprint density at radius 3 is 2.86 bits per heavy atom. The maximum absolute atomic E-state index is 11.2. The minimum absolute atomic E-state index is 0.443. The molecular weight excluding hydrogens is 476 g/mol. The maximum Gasteiger partial charge on any atom is 0.298 e. The van der Waals surface area contributed by atoms with E-state index < -0.39 is 0 Å². The van der Waals surface area contributed by atoms with E-state index in [1.807, 2.05) is 25.2 Å². The smallest absolute Gasteiger partial charge is 0.298 e. The largest absolute Gasteiger partial charge is 0.426 e. The molecule has 1 aliphatic rings. The van der Waals surface area contributed by atoms with Crippen molar-refractivity contribution in [1.82, 2.24) is 15.4 Å². The van der Waals surface area contributed by atoms with Crippen LogP contribution in [0.1, 0.15) is 16.7 Å². The van der Waals surface area contributed by atoms with E-state index in [0.717, 1.165) is 30.1 Å². The molecule has 3 aromatic rings. The second-order valence-corrected chi connectivity index (χ2v) is 9.40. The van der Waals surface area contributed by atoms with Crippen molar-refractivity contribution in [2.75, 3.05) is 18.5 Å². The summed E-state index contributed by atoms with van der Waals surface area (Å²) in [7, 11) is 2.00. The molecule has 0 fully saturated rings. The lowest BCUT2D eigenvalue weighted by atomic mass is 9.89. The van der Waals surface area contributed by atoms with Gasteiger partial charge in [-0.1, -0.05) is 49.0 Å². The van der Waals surface area contributed by atoms with Gasteiger partial charge in [-0.05, 0) is 89.3 Å². The van der Waals surface area contributed by atoms with Crippen molar-refractivity contribution in [1.29, 1.82) is 0 Å². The zero-order valence-electron chi connectivity index (χ0n) is 19.5. The van der Waals surface area contributed by atoms with Crippen molar-refractivity contribution < 1.29 is 9.53 Å². The summed E-state index contributed by atoms with van der Waals surface area (Å²) in [5.41, 5.74) is 7.29. The zero-order chi connectivity index (χ0) is 24.6. The summed E-state index contributed by atoms with van der Waals surface area (Å²) >= 11 is 6.48. The fraction of sp³-hybridized carbons (Fsp3) is 0.185. The molecule has 0 saturated heterocycles. The highest BCUT2D eigenvalue weighted by Crippen LogP contribution is 2.35. The van der Waals surface area contributed by atoms with Crippen molar-refractivity contribution in [2.45, 2.75) is 24.4 Å². The molecular formula is C27H28N4O2S2. The number of anilines is 1. The molecule has 180 valence electrons. The van der Waals surface area contributed by atoms with Crippen LogP contribution in [0.15, 0.2) is 78.3 Å². The lowest BCUT2D eigenvalue weighted by molar-refractivity contribution is -0.120. The number of rotatable bonds is 9. The fourth-order valence-electron chi connectivity index (χ4n) is 4.28. The van der Waals surface area contributed by atoms with Crippen molar-refractivity contribution in [3.8, 4) is 16.9 Å². The highest BCUT2D eigenvalue weighted by atomic mass is 32.2. The predicted molar refractivity (Wildman–Crippen MR) is 147 cm³/mol. The second kappa shape index (κ2) is 11.9. The number of nitrogens with zero attached hydrogens (tertiary/aromatic N) is 1. The number of hydrogen-bond acceptors (Lipinski definition) is 6. The van der Waals surface area contributed by atoms with Gasteiger partial charge in [0.15, 0.2) is 10.9 Å². The van der Waals surface area contributed by atoms with Crippen LogP contribution in [0.4, 0.5) is 5.69 Å². The Morgan fingerprint density at radius 2 is 2.03 bits per heavy atom. The molecule has 4 rings (SSSR count). The molecule has 0 bridgehead atoms. The maximum atomic E-state index is 11.2. The number of fused-ring (bicyclic) bond motifs is 1. The van der Waals surface area contributed by atoms with Crippen LogP contribution in [0.25, 0.3) is 11.1 Å². The van der Waals surface area contributed by atoms with Crippen LogP contribution in [0.3, 0.4) is 0 Å². The van der Waals surface area contributed by atoms with E-state index >= 15 is 0 Å². The first-order valence-corrected chi connectivity index (χ1v) is 12.5. The third kappa shape index (κ3) is 6.03. The summed E-state index contributed by atoms with van der Waals surface area (Å²) in [6.45, 7) is 6.59. The van der Waals surface area contributed by atoms with Gasteiger partial charge in [0.25, 0.3) is 6.47 Å². The number of carbonyl (C=O) groups excluding carboxylic acids is 1. The van der Waals surface area contributed by atoms with Crippen molar-refractivity contribution >= 4 is 41.4 Å². The van der Waals surface area contributed by atoms with Gasteiger partial charge in [0, 0.05) is 25.0 Å². The Hall–Kier alpha value is -3.33. The summed E-state index contributed by atoms with van der Waals surface area (Å²) in [4.78, 5) is 14.2. The van der Waals surface area contributed by atoms with Gasteiger partial charge < -0.3 is 25.0 Å². The van der Waals surface area contributed by atoms with Gasteiger partial charge >= 0.3 is 0 Å². The predicted octanol–water partition coefficient (Wildman–Crippen LogP) is 4.79. The molecule has 3 N–H and O–H groups in total. The van der Waals surface area contributed by atoms with Gasteiger partial charge in [0.1, 0.15) is 0 Å². The Bertz CT molecular complexity index is 1230. The molecule has 0 aromatic heterocycles. The Balaban J connectivity index is 1.59. The lowest BCUT2D eigenvalue weighted by Crippen LogP contribution is -2.26. The number of carbonyl (C=O) groups is 1. The molecule has 6 nitrogen and oxygen atoms in total. The van der Waals surface area contributed by atoms with Crippen LogP contribution < -0.4 is 25.0 Å². The molecule has 0 unspecified atom stereocenters. The number of benzene rings is 3. The minimum Gasteiger partial charge on any atom is -0.426 e. The number of nitrogens with one attached hydrogen (secondary N) is 3. The van der Waals surface area contributed by atoms with E-state index in [4.69, 9.17) is 17.0 Å². The molecule has 0 amide bonds. The molecule has 35 heavy (non-hydrogen) atoms. The zero-order valence-corrected chi connectivity index (χ0v) is 21.2. The second-order valence-electron chi connectivity index (χ2n) is 8.11. The van der Waals surface area contributed by atoms with Gasteiger partial charge in [-0.25, -0.2) is 0 Å². The van der Waals surface area contributed by atoms with E-state index in [1.54, 1.807) is 0 Å². The van der Waals surface area contributed by atoms with Gasteiger partial charge in [-0.15, -0.1) is 0 Å². The Labute approximate surface area is 215 Å². The molecule has 0 saturated carbocycles. The fourth-order valence-corrected chi connectivity index (χ4v) is 5.05. The summed E-state index contributed by atoms with van der Waals surface area (Å²) in [5, 5.41) is 6.76. The molecule has 8 heteroatoms. The highest BCUT2D eigenvalue weighted by molar-refractivity contribution is 7.99. The summed E-state index contributed by atoms with van der Waals surface area (Å²) in [6.07, 6.45) is 2.56. The topological polar surface area (TPSA) is 65.6 Å². The molecule has 0 radical (unpaired) electrons.